The van der Waals surface area contributed by atoms with Crippen LogP contribution in [0.25, 0.3) is 0 Å². The lowest BCUT2D eigenvalue weighted by Crippen LogP contribution is -2.24. The zero-order chi connectivity index (χ0) is 14.3. The summed E-state index contributed by atoms with van der Waals surface area (Å²) in [6, 6.07) is 0. The molecule has 3 atom stereocenters. The van der Waals surface area contributed by atoms with Crippen molar-refractivity contribution in [3.8, 4) is 0 Å². The van der Waals surface area contributed by atoms with Gasteiger partial charge >= 0.3 is 0 Å². The summed E-state index contributed by atoms with van der Waals surface area (Å²) in [4.78, 5) is 2.59. The molecule has 0 aliphatic carbocycles. The van der Waals surface area contributed by atoms with Crippen LogP contribution in [0.1, 0.15) is 40.5 Å². The largest absolute Gasteiger partial charge is 0.303 e. The van der Waals surface area contributed by atoms with Crippen LogP contribution >= 0.6 is 0 Å². The molecule has 1 nitrogen and oxygen atoms in total. The predicted molar refractivity (Wildman–Crippen MR) is 86.3 cm³/mol. The fourth-order valence-corrected chi connectivity index (χ4v) is 3.37. The minimum atomic E-state index is 0.672. The van der Waals surface area contributed by atoms with E-state index in [1.165, 1.54) is 38.0 Å². The summed E-state index contributed by atoms with van der Waals surface area (Å²) in [5.41, 5.74) is 1.43. The Morgan fingerprint density at radius 1 is 1.37 bits per heavy atom. The quantitative estimate of drug-likeness (QED) is 0.601. The monoisotopic (exact) mass is 261 g/mol. The van der Waals surface area contributed by atoms with Gasteiger partial charge < -0.3 is 4.90 Å². The van der Waals surface area contributed by atoms with Gasteiger partial charge in [-0.15, -0.1) is 0 Å². The number of hydrogen-bond acceptors (Lipinski definition) is 1. The Labute approximate surface area is 120 Å². The summed E-state index contributed by atoms with van der Waals surface area (Å²) in [5, 5.41) is 0. The first-order valence-electron chi connectivity index (χ1n) is 7.85. The van der Waals surface area contributed by atoms with E-state index in [1.54, 1.807) is 0 Å². The van der Waals surface area contributed by atoms with Gasteiger partial charge in [0, 0.05) is 13.1 Å². The minimum Gasteiger partial charge on any atom is -0.303 e. The molecule has 1 heterocycles. The summed E-state index contributed by atoms with van der Waals surface area (Å²) in [6.45, 7) is 16.8. The molecule has 0 saturated carbocycles. The first-order chi connectivity index (χ1) is 9.17. The van der Waals surface area contributed by atoms with Crippen molar-refractivity contribution in [2.75, 3.05) is 19.6 Å². The minimum absolute atomic E-state index is 0.672. The van der Waals surface area contributed by atoms with E-state index in [2.05, 4.69) is 63.5 Å². The molecule has 1 fully saturated rings. The maximum Gasteiger partial charge on any atom is 0.00185 e. The second-order valence-electron chi connectivity index (χ2n) is 5.79. The molecular formula is C18H31N. The van der Waals surface area contributed by atoms with Crippen molar-refractivity contribution in [2.24, 2.45) is 17.8 Å². The summed E-state index contributed by atoms with van der Waals surface area (Å²) in [6.07, 6.45) is 11.1. The van der Waals surface area contributed by atoms with Crippen molar-refractivity contribution in [3.05, 3.63) is 36.5 Å². The average Bonchev–Trinajstić information content (AvgIpc) is 2.79. The Morgan fingerprint density at radius 3 is 2.58 bits per heavy atom. The van der Waals surface area contributed by atoms with E-state index in [0.717, 1.165) is 11.8 Å². The van der Waals surface area contributed by atoms with E-state index < -0.39 is 0 Å². The van der Waals surface area contributed by atoms with E-state index in [-0.39, 0.29) is 0 Å². The van der Waals surface area contributed by atoms with Gasteiger partial charge in [0.05, 0.1) is 0 Å². The predicted octanol–water partition coefficient (Wildman–Crippen LogP) is 4.68. The van der Waals surface area contributed by atoms with Gasteiger partial charge in [0.25, 0.3) is 0 Å². The van der Waals surface area contributed by atoms with Gasteiger partial charge in [-0.2, -0.15) is 0 Å². The second kappa shape index (κ2) is 8.37. The average molecular weight is 261 g/mol. The van der Waals surface area contributed by atoms with Crippen LogP contribution in [0, 0.1) is 17.8 Å². The molecule has 108 valence electrons. The Balaban J connectivity index is 2.89. The van der Waals surface area contributed by atoms with E-state index in [4.69, 9.17) is 0 Å². The van der Waals surface area contributed by atoms with Crippen molar-refractivity contribution in [2.45, 2.75) is 40.5 Å². The number of nitrogens with zero attached hydrogens (tertiary/aromatic N) is 1. The van der Waals surface area contributed by atoms with Crippen LogP contribution < -0.4 is 0 Å². The van der Waals surface area contributed by atoms with Crippen molar-refractivity contribution in [1.82, 2.24) is 4.90 Å². The molecule has 0 spiro atoms. The van der Waals surface area contributed by atoms with Gasteiger partial charge in [0.2, 0.25) is 0 Å². The van der Waals surface area contributed by atoms with E-state index in [9.17, 15) is 0 Å². The molecule has 3 unspecified atom stereocenters. The van der Waals surface area contributed by atoms with Crippen molar-refractivity contribution >= 4 is 0 Å². The molecule has 0 aromatic carbocycles. The molecule has 1 heteroatoms. The van der Waals surface area contributed by atoms with Crippen LogP contribution in [0.2, 0.25) is 0 Å². The topological polar surface area (TPSA) is 3.24 Å². The third-order valence-electron chi connectivity index (χ3n) is 4.45. The first-order valence-corrected chi connectivity index (χ1v) is 7.85. The molecule has 1 saturated heterocycles. The molecule has 1 aliphatic heterocycles. The van der Waals surface area contributed by atoms with Crippen molar-refractivity contribution < 1.29 is 0 Å². The number of rotatable bonds is 7. The van der Waals surface area contributed by atoms with Crippen LogP contribution in [0.3, 0.4) is 0 Å². The Bertz CT molecular complexity index is 327. The molecule has 1 rings (SSSR count). The third kappa shape index (κ3) is 4.35. The van der Waals surface area contributed by atoms with Gasteiger partial charge in [0.15, 0.2) is 0 Å². The normalized spacial score (nSPS) is 27.1. The smallest absolute Gasteiger partial charge is 0.00185 e. The lowest BCUT2D eigenvalue weighted by molar-refractivity contribution is 0.298. The highest BCUT2D eigenvalue weighted by Crippen LogP contribution is 2.36. The third-order valence-corrected chi connectivity index (χ3v) is 4.45. The Morgan fingerprint density at radius 2 is 2.11 bits per heavy atom. The molecule has 0 N–H and O–H groups in total. The van der Waals surface area contributed by atoms with Crippen LogP contribution in [0.4, 0.5) is 0 Å². The SMILES string of the molecule is C=C/C(=C\C=C/C)C(CCC)C1CN(CC)CC1C. The maximum atomic E-state index is 4.04. The number of likely N-dealkylation sites (tertiary alicyclic amines) is 1. The molecule has 0 amide bonds. The van der Waals surface area contributed by atoms with Gasteiger partial charge in [-0.1, -0.05) is 58.1 Å². The first kappa shape index (κ1) is 16.2. The second-order valence-corrected chi connectivity index (χ2v) is 5.79. The van der Waals surface area contributed by atoms with Crippen molar-refractivity contribution in [3.63, 3.8) is 0 Å². The molecule has 1 aliphatic rings. The van der Waals surface area contributed by atoms with Crippen LogP contribution in [-0.2, 0) is 0 Å². The van der Waals surface area contributed by atoms with Crippen LogP contribution in [0.5, 0.6) is 0 Å². The standard InChI is InChI=1S/C18H31N/c1-6-10-12-16(8-3)17(11-7-2)18-14-19(9-4)13-15(18)5/h6,8,10,12,15,17-18H,3,7,9,11,13-14H2,1-2,4-5H3/b10-6-,16-12+. The fourth-order valence-electron chi connectivity index (χ4n) is 3.37. The summed E-state index contributed by atoms with van der Waals surface area (Å²) >= 11 is 0. The van der Waals surface area contributed by atoms with Gasteiger partial charge in [-0.05, 0) is 43.2 Å². The van der Waals surface area contributed by atoms with E-state index in [0.29, 0.717) is 5.92 Å². The molecule has 19 heavy (non-hydrogen) atoms. The Hall–Kier alpha value is -0.820. The molecular weight excluding hydrogens is 230 g/mol. The molecule has 0 aromatic heterocycles. The lowest BCUT2D eigenvalue weighted by atomic mass is 9.77. The van der Waals surface area contributed by atoms with Crippen LogP contribution in [0.15, 0.2) is 36.5 Å². The highest BCUT2D eigenvalue weighted by molar-refractivity contribution is 5.26. The van der Waals surface area contributed by atoms with Crippen LogP contribution in [-0.4, -0.2) is 24.5 Å². The van der Waals surface area contributed by atoms with Crippen molar-refractivity contribution in [1.29, 1.82) is 0 Å². The van der Waals surface area contributed by atoms with Gasteiger partial charge in [-0.3, -0.25) is 0 Å². The maximum absolute atomic E-state index is 4.04. The highest BCUT2D eigenvalue weighted by Gasteiger charge is 2.34. The van der Waals surface area contributed by atoms with E-state index >= 15 is 0 Å². The lowest BCUT2D eigenvalue weighted by Gasteiger charge is -2.27. The zero-order valence-electron chi connectivity index (χ0n) is 13.2. The van der Waals surface area contributed by atoms with E-state index in [1.807, 2.05) is 0 Å². The summed E-state index contributed by atoms with van der Waals surface area (Å²) in [5.74, 6) is 2.25. The molecule has 0 bridgehead atoms. The Kier molecular flexibility index (Phi) is 7.15. The zero-order valence-corrected chi connectivity index (χ0v) is 13.2. The van der Waals surface area contributed by atoms with Gasteiger partial charge in [-0.25, -0.2) is 0 Å². The molecule has 0 radical (unpaired) electrons. The summed E-state index contributed by atoms with van der Waals surface area (Å²) in [7, 11) is 0. The highest BCUT2D eigenvalue weighted by atomic mass is 15.1. The fraction of sp³-hybridized carbons (Fsp3) is 0.667. The molecule has 0 aromatic rings. The number of hydrogen-bond donors (Lipinski definition) is 0. The summed E-state index contributed by atoms with van der Waals surface area (Å²) < 4.78 is 0. The van der Waals surface area contributed by atoms with Gasteiger partial charge in [0.1, 0.15) is 0 Å². The number of allylic oxidation sites excluding steroid dienone is 5.